The van der Waals surface area contributed by atoms with Crippen molar-refractivity contribution in [2.45, 2.75) is 6.92 Å². The van der Waals surface area contributed by atoms with E-state index in [1.807, 2.05) is 47.1 Å². The number of nitrogens with zero attached hydrogens (tertiary/aromatic N) is 2. The van der Waals surface area contributed by atoms with E-state index in [4.69, 9.17) is 0 Å². The minimum absolute atomic E-state index is 0.0472. The molecule has 1 N–H and O–H groups in total. The van der Waals surface area contributed by atoms with Crippen molar-refractivity contribution in [3.8, 4) is 11.3 Å². The second-order valence-electron chi connectivity index (χ2n) is 4.68. The van der Waals surface area contributed by atoms with Gasteiger partial charge < -0.3 is 4.40 Å². The van der Waals surface area contributed by atoms with Gasteiger partial charge in [-0.15, -0.1) is 0 Å². The smallest absolute Gasteiger partial charge is 0.232 e. The summed E-state index contributed by atoms with van der Waals surface area (Å²) in [6.07, 6.45) is 3.85. The number of anilines is 1. The predicted octanol–water partition coefficient (Wildman–Crippen LogP) is 2.76. The summed E-state index contributed by atoms with van der Waals surface area (Å²) < 4.78 is 27.7. The normalized spacial score (nSPS) is 11.7. The number of sulfonamides is 1. The molecule has 3 rings (SSSR count). The quantitative estimate of drug-likeness (QED) is 0.806. The van der Waals surface area contributed by atoms with Crippen molar-refractivity contribution in [2.24, 2.45) is 0 Å². The van der Waals surface area contributed by atoms with Crippen LogP contribution in [0.5, 0.6) is 0 Å². The second kappa shape index (κ2) is 5.21. The zero-order valence-electron chi connectivity index (χ0n) is 11.5. The molecule has 0 aliphatic carbocycles. The van der Waals surface area contributed by atoms with E-state index in [2.05, 4.69) is 9.71 Å². The molecule has 0 bridgehead atoms. The lowest BCUT2D eigenvalue weighted by Gasteiger charge is -2.06. The number of rotatable bonds is 4. The van der Waals surface area contributed by atoms with Gasteiger partial charge in [-0.05, 0) is 31.2 Å². The Bertz CT molecular complexity index is 852. The maximum atomic E-state index is 11.6. The molecule has 2 heterocycles. The van der Waals surface area contributed by atoms with Crippen molar-refractivity contribution in [3.05, 3.63) is 54.9 Å². The van der Waals surface area contributed by atoms with Crippen LogP contribution in [0.25, 0.3) is 16.9 Å². The zero-order chi connectivity index (χ0) is 14.9. The van der Waals surface area contributed by atoms with E-state index in [1.165, 1.54) is 0 Å². The third-order valence-corrected chi connectivity index (χ3v) is 4.48. The second-order valence-corrected chi connectivity index (χ2v) is 6.69. The minimum Gasteiger partial charge on any atom is -0.306 e. The summed E-state index contributed by atoms with van der Waals surface area (Å²) in [7, 11) is -3.27. The lowest BCUT2D eigenvalue weighted by atomic mass is 10.1. The van der Waals surface area contributed by atoms with Crippen LogP contribution in [-0.2, 0) is 10.0 Å². The topological polar surface area (TPSA) is 63.5 Å². The molecule has 0 fully saturated rings. The molecule has 0 saturated heterocycles. The summed E-state index contributed by atoms with van der Waals surface area (Å²) in [5.74, 6) is 0.0472. The molecule has 0 atom stereocenters. The molecule has 5 nitrogen and oxygen atoms in total. The summed E-state index contributed by atoms with van der Waals surface area (Å²) in [5, 5.41) is 0. The fourth-order valence-corrected chi connectivity index (χ4v) is 2.70. The van der Waals surface area contributed by atoms with Crippen LogP contribution >= 0.6 is 0 Å². The van der Waals surface area contributed by atoms with Crippen LogP contribution in [0.1, 0.15) is 6.92 Å². The highest BCUT2D eigenvalue weighted by atomic mass is 32.2. The van der Waals surface area contributed by atoms with Crippen molar-refractivity contribution in [1.82, 2.24) is 9.38 Å². The molecule has 0 aliphatic heterocycles. The molecule has 0 amide bonds. The number of pyridine rings is 1. The van der Waals surface area contributed by atoms with Crippen LogP contribution in [0.15, 0.2) is 54.9 Å². The lowest BCUT2D eigenvalue weighted by molar-refractivity contribution is 0.602. The average Bonchev–Trinajstić information content (AvgIpc) is 2.91. The fourth-order valence-electron chi connectivity index (χ4n) is 2.07. The van der Waals surface area contributed by atoms with E-state index in [1.54, 1.807) is 19.1 Å². The molecule has 0 aliphatic rings. The van der Waals surface area contributed by atoms with Gasteiger partial charge in [0, 0.05) is 23.6 Å². The molecule has 6 heteroatoms. The van der Waals surface area contributed by atoms with Gasteiger partial charge in [0.05, 0.1) is 11.4 Å². The predicted molar refractivity (Wildman–Crippen MR) is 83.7 cm³/mol. The first-order valence-electron chi connectivity index (χ1n) is 6.62. The molecule has 2 aromatic heterocycles. The molecular weight excluding hydrogens is 286 g/mol. The number of hydrogen-bond donors (Lipinski definition) is 1. The van der Waals surface area contributed by atoms with Crippen LogP contribution in [0, 0.1) is 0 Å². The molecule has 21 heavy (non-hydrogen) atoms. The van der Waals surface area contributed by atoms with Crippen LogP contribution in [-0.4, -0.2) is 23.6 Å². The number of hydrogen-bond acceptors (Lipinski definition) is 3. The van der Waals surface area contributed by atoms with Gasteiger partial charge in [0.25, 0.3) is 0 Å². The van der Waals surface area contributed by atoms with Crippen molar-refractivity contribution in [3.63, 3.8) is 0 Å². The summed E-state index contributed by atoms with van der Waals surface area (Å²) in [4.78, 5) is 4.53. The van der Waals surface area contributed by atoms with Gasteiger partial charge in [-0.2, -0.15) is 0 Å². The van der Waals surface area contributed by atoms with Gasteiger partial charge in [-0.25, -0.2) is 13.4 Å². The molecule has 1 aromatic carbocycles. The van der Waals surface area contributed by atoms with E-state index >= 15 is 0 Å². The van der Waals surface area contributed by atoms with Gasteiger partial charge in [0.1, 0.15) is 5.65 Å². The largest absolute Gasteiger partial charge is 0.306 e. The van der Waals surface area contributed by atoms with E-state index < -0.39 is 10.0 Å². The third kappa shape index (κ3) is 2.90. The Morgan fingerprint density at radius 3 is 2.81 bits per heavy atom. The first kappa shape index (κ1) is 13.6. The lowest BCUT2D eigenvalue weighted by Crippen LogP contribution is -2.14. The first-order valence-corrected chi connectivity index (χ1v) is 8.27. The summed E-state index contributed by atoms with van der Waals surface area (Å²) in [5.41, 5.74) is 3.08. The monoisotopic (exact) mass is 301 g/mol. The molecule has 0 saturated carbocycles. The van der Waals surface area contributed by atoms with Gasteiger partial charge in [0.2, 0.25) is 10.0 Å². The first-order chi connectivity index (χ1) is 10.1. The number of fused-ring (bicyclic) bond motifs is 1. The minimum atomic E-state index is -3.27. The Hall–Kier alpha value is -2.34. The van der Waals surface area contributed by atoms with E-state index in [-0.39, 0.29) is 5.75 Å². The molecule has 108 valence electrons. The van der Waals surface area contributed by atoms with E-state index in [0.717, 1.165) is 16.9 Å². The van der Waals surface area contributed by atoms with Crippen LogP contribution in [0.2, 0.25) is 0 Å². The van der Waals surface area contributed by atoms with Crippen molar-refractivity contribution in [1.29, 1.82) is 0 Å². The zero-order valence-corrected chi connectivity index (χ0v) is 12.3. The summed E-state index contributed by atoms with van der Waals surface area (Å²) >= 11 is 0. The summed E-state index contributed by atoms with van der Waals surface area (Å²) in [6, 6.07) is 13.0. The Morgan fingerprint density at radius 2 is 2.05 bits per heavy atom. The Labute approximate surface area is 123 Å². The van der Waals surface area contributed by atoms with E-state index in [0.29, 0.717) is 5.69 Å². The Balaban J connectivity index is 1.99. The number of imidazole rings is 1. The highest BCUT2D eigenvalue weighted by molar-refractivity contribution is 7.92. The average molecular weight is 301 g/mol. The summed E-state index contributed by atoms with van der Waals surface area (Å²) in [6.45, 7) is 1.61. The van der Waals surface area contributed by atoms with Crippen molar-refractivity contribution >= 4 is 21.4 Å². The number of nitrogens with one attached hydrogen (secondary N) is 1. The van der Waals surface area contributed by atoms with Crippen LogP contribution in [0.4, 0.5) is 5.69 Å². The molecule has 3 aromatic rings. The van der Waals surface area contributed by atoms with Gasteiger partial charge in [0.15, 0.2) is 0 Å². The number of benzene rings is 1. The van der Waals surface area contributed by atoms with Crippen LogP contribution < -0.4 is 4.72 Å². The number of aromatic nitrogens is 2. The Kier molecular flexibility index (Phi) is 3.39. The van der Waals surface area contributed by atoms with Crippen molar-refractivity contribution in [2.75, 3.05) is 10.5 Å². The Morgan fingerprint density at radius 1 is 1.19 bits per heavy atom. The third-order valence-electron chi connectivity index (χ3n) is 3.18. The van der Waals surface area contributed by atoms with Gasteiger partial charge >= 0.3 is 0 Å². The van der Waals surface area contributed by atoms with Crippen molar-refractivity contribution < 1.29 is 8.42 Å². The molecule has 0 unspecified atom stereocenters. The molecule has 0 spiro atoms. The maximum Gasteiger partial charge on any atom is 0.232 e. The maximum absolute atomic E-state index is 11.6. The van der Waals surface area contributed by atoms with E-state index in [9.17, 15) is 8.42 Å². The molecule has 0 radical (unpaired) electrons. The van der Waals surface area contributed by atoms with Gasteiger partial charge in [-0.1, -0.05) is 18.2 Å². The SMILES string of the molecule is CCS(=O)(=O)Nc1cccc(-c2cn3ccccc3n2)c1. The molecular formula is C15H15N3O2S. The van der Waals surface area contributed by atoms with Gasteiger partial charge in [-0.3, -0.25) is 4.72 Å². The highest BCUT2D eigenvalue weighted by Gasteiger charge is 2.09. The van der Waals surface area contributed by atoms with Crippen LogP contribution in [0.3, 0.4) is 0 Å². The highest BCUT2D eigenvalue weighted by Crippen LogP contribution is 2.23. The fraction of sp³-hybridized carbons (Fsp3) is 0.133. The standard InChI is InChI=1S/C15H15N3O2S/c1-2-21(19,20)17-13-7-5-6-12(10-13)14-11-18-9-4-3-8-15(18)16-14/h3-11,17H,2H2,1H3.